The zero-order chi connectivity index (χ0) is 23.0. The fraction of sp³-hybridized carbons (Fsp3) is 0.476. The molecule has 3 aromatic rings. The Morgan fingerprint density at radius 2 is 2.03 bits per heavy atom. The molecule has 2 aromatic heterocycles. The number of hydrogen-bond donors (Lipinski definition) is 1. The molecule has 174 valence electrons. The molecule has 1 atom stereocenters. The molecule has 0 spiro atoms. The van der Waals surface area contributed by atoms with E-state index in [-0.39, 0.29) is 6.04 Å². The predicted molar refractivity (Wildman–Crippen MR) is 124 cm³/mol. The summed E-state index contributed by atoms with van der Waals surface area (Å²) in [6, 6.07) is 5.41. The van der Waals surface area contributed by atoms with Gasteiger partial charge >= 0.3 is 0 Å². The highest BCUT2D eigenvalue weighted by Crippen LogP contribution is 2.56. The Morgan fingerprint density at radius 1 is 1.21 bits per heavy atom. The van der Waals surface area contributed by atoms with E-state index in [4.69, 9.17) is 31.0 Å². The molecule has 0 bridgehead atoms. The van der Waals surface area contributed by atoms with Crippen LogP contribution in [0.1, 0.15) is 18.5 Å². The van der Waals surface area contributed by atoms with Gasteiger partial charge in [0, 0.05) is 24.9 Å². The van der Waals surface area contributed by atoms with Crippen molar-refractivity contribution in [3.63, 3.8) is 0 Å². The number of sulfone groups is 1. The standard InChI is InChI=1S/C21H23ClN6O4S/c1-23-19-24-14-9-12(22)3-4-15(14)28(19)20-25-17(21(5-6-21)33(2,29)30)16-18(26-20)27-7-8-31-10-13(27)11-32-16/h3-4,9,13H,5-8,10-11H2,1-2H3,(H,23,24). The molecule has 1 N–H and O–H groups in total. The van der Waals surface area contributed by atoms with Gasteiger partial charge in [0.15, 0.2) is 21.4 Å². The van der Waals surface area contributed by atoms with Crippen LogP contribution in [0.2, 0.25) is 5.02 Å². The van der Waals surface area contributed by atoms with Gasteiger partial charge in [-0.1, -0.05) is 11.6 Å². The van der Waals surface area contributed by atoms with Crippen molar-refractivity contribution in [2.75, 3.05) is 49.9 Å². The fourth-order valence-corrected chi connectivity index (χ4v) is 6.23. The molecule has 2 fully saturated rings. The van der Waals surface area contributed by atoms with Gasteiger partial charge in [-0.3, -0.25) is 0 Å². The SMILES string of the molecule is CNc1nc2cc(Cl)ccc2n1-c1nc2c(c(C3(S(C)(=O)=O)CC3)n1)OCC1COCCN21. The average Bonchev–Trinajstić information content (AvgIpc) is 3.54. The molecule has 1 saturated heterocycles. The minimum Gasteiger partial charge on any atom is -0.486 e. The molecular weight excluding hydrogens is 468 g/mol. The van der Waals surface area contributed by atoms with Crippen molar-refractivity contribution >= 4 is 44.2 Å². The van der Waals surface area contributed by atoms with Crippen LogP contribution < -0.4 is 15.0 Å². The van der Waals surface area contributed by atoms with Crippen molar-refractivity contribution < 1.29 is 17.9 Å². The minimum atomic E-state index is -3.43. The first kappa shape index (κ1) is 20.9. The highest BCUT2D eigenvalue weighted by Gasteiger charge is 2.58. The number of hydrogen-bond acceptors (Lipinski definition) is 9. The summed E-state index contributed by atoms with van der Waals surface area (Å²) in [5, 5.41) is 3.66. The van der Waals surface area contributed by atoms with E-state index in [1.54, 1.807) is 23.7 Å². The van der Waals surface area contributed by atoms with Crippen molar-refractivity contribution in [2.45, 2.75) is 23.6 Å². The summed E-state index contributed by atoms with van der Waals surface area (Å²) in [4.78, 5) is 16.5. The number of morpholine rings is 1. The van der Waals surface area contributed by atoms with E-state index >= 15 is 0 Å². The maximum absolute atomic E-state index is 12.9. The Labute approximate surface area is 195 Å². The smallest absolute Gasteiger partial charge is 0.239 e. The summed E-state index contributed by atoms with van der Waals surface area (Å²) in [5.74, 6) is 1.92. The molecule has 2 aliphatic heterocycles. The number of rotatable bonds is 4. The number of halogens is 1. The van der Waals surface area contributed by atoms with Gasteiger partial charge < -0.3 is 19.7 Å². The van der Waals surface area contributed by atoms with E-state index in [1.807, 2.05) is 6.07 Å². The number of ether oxygens (including phenoxy) is 2. The molecule has 1 unspecified atom stereocenters. The van der Waals surface area contributed by atoms with Crippen LogP contribution in [0.5, 0.6) is 5.75 Å². The molecule has 0 amide bonds. The first-order valence-electron chi connectivity index (χ1n) is 10.8. The third kappa shape index (κ3) is 3.09. The molecule has 0 radical (unpaired) electrons. The quantitative estimate of drug-likeness (QED) is 0.587. The molecule has 33 heavy (non-hydrogen) atoms. The van der Waals surface area contributed by atoms with Crippen LogP contribution in [-0.4, -0.2) is 73.6 Å². The van der Waals surface area contributed by atoms with Crippen LogP contribution >= 0.6 is 11.6 Å². The van der Waals surface area contributed by atoms with E-state index in [2.05, 4.69) is 15.2 Å². The van der Waals surface area contributed by atoms with E-state index in [1.165, 1.54) is 6.26 Å². The zero-order valence-corrected chi connectivity index (χ0v) is 19.8. The summed E-state index contributed by atoms with van der Waals surface area (Å²) in [5.41, 5.74) is 1.86. The lowest BCUT2D eigenvalue weighted by molar-refractivity contribution is 0.0692. The van der Waals surface area contributed by atoms with Crippen molar-refractivity contribution in [1.82, 2.24) is 19.5 Å². The molecule has 12 heteroatoms. The fourth-order valence-electron chi connectivity index (χ4n) is 4.74. The Balaban J connectivity index is 1.64. The number of benzene rings is 1. The number of imidazole rings is 1. The van der Waals surface area contributed by atoms with E-state index in [0.29, 0.717) is 78.9 Å². The van der Waals surface area contributed by atoms with Crippen molar-refractivity contribution in [1.29, 1.82) is 0 Å². The van der Waals surface area contributed by atoms with Crippen molar-refractivity contribution in [3.8, 4) is 11.7 Å². The van der Waals surface area contributed by atoms with Crippen molar-refractivity contribution in [2.24, 2.45) is 0 Å². The molecule has 10 nitrogen and oxygen atoms in total. The first-order valence-corrected chi connectivity index (χ1v) is 13.0. The first-order chi connectivity index (χ1) is 15.8. The number of nitrogens with one attached hydrogen (secondary N) is 1. The molecule has 1 saturated carbocycles. The Hall–Kier alpha value is -2.63. The predicted octanol–water partition coefficient (Wildman–Crippen LogP) is 2.14. The summed E-state index contributed by atoms with van der Waals surface area (Å²) >= 11 is 6.18. The second-order valence-electron chi connectivity index (χ2n) is 8.68. The summed E-state index contributed by atoms with van der Waals surface area (Å²) in [6.07, 6.45) is 2.27. The Bertz CT molecular complexity index is 1390. The monoisotopic (exact) mass is 490 g/mol. The second kappa shape index (κ2) is 7.18. The van der Waals surface area contributed by atoms with Crippen LogP contribution in [0.15, 0.2) is 18.2 Å². The summed E-state index contributed by atoms with van der Waals surface area (Å²) in [6.45, 7) is 2.13. The van der Waals surface area contributed by atoms with Crippen LogP contribution in [-0.2, 0) is 19.3 Å². The van der Waals surface area contributed by atoms with Crippen LogP contribution in [0.4, 0.5) is 11.8 Å². The lowest BCUT2D eigenvalue weighted by Crippen LogP contribution is -2.52. The normalized spacial score (nSPS) is 21.3. The van der Waals surface area contributed by atoms with Gasteiger partial charge in [0.05, 0.1) is 30.3 Å². The average molecular weight is 491 g/mol. The number of nitrogens with zero attached hydrogens (tertiary/aromatic N) is 5. The van der Waals surface area contributed by atoms with E-state index in [9.17, 15) is 8.42 Å². The number of fused-ring (bicyclic) bond motifs is 4. The number of aromatic nitrogens is 4. The van der Waals surface area contributed by atoms with E-state index < -0.39 is 14.6 Å². The van der Waals surface area contributed by atoms with Crippen LogP contribution in [0.3, 0.4) is 0 Å². The van der Waals surface area contributed by atoms with Gasteiger partial charge in [-0.15, -0.1) is 0 Å². The van der Waals surface area contributed by atoms with Gasteiger partial charge in [0.1, 0.15) is 17.0 Å². The van der Waals surface area contributed by atoms with Gasteiger partial charge in [0.2, 0.25) is 11.9 Å². The zero-order valence-electron chi connectivity index (χ0n) is 18.2. The molecule has 4 heterocycles. The Kier molecular flexibility index (Phi) is 4.56. The molecular formula is C21H23ClN6O4S. The molecule has 3 aliphatic rings. The third-order valence-electron chi connectivity index (χ3n) is 6.64. The minimum absolute atomic E-state index is 0.0114. The summed E-state index contributed by atoms with van der Waals surface area (Å²) < 4.78 is 38.2. The van der Waals surface area contributed by atoms with Gasteiger partial charge in [0.25, 0.3) is 0 Å². The van der Waals surface area contributed by atoms with Gasteiger partial charge in [-0.2, -0.15) is 4.98 Å². The topological polar surface area (TPSA) is 111 Å². The lowest BCUT2D eigenvalue weighted by atomic mass is 10.1. The second-order valence-corrected chi connectivity index (χ2v) is 11.4. The number of anilines is 2. The van der Waals surface area contributed by atoms with Gasteiger partial charge in [-0.05, 0) is 31.0 Å². The van der Waals surface area contributed by atoms with Crippen molar-refractivity contribution in [3.05, 3.63) is 28.9 Å². The maximum atomic E-state index is 12.9. The van der Waals surface area contributed by atoms with Gasteiger partial charge in [-0.25, -0.2) is 23.0 Å². The molecule has 1 aromatic carbocycles. The highest BCUT2D eigenvalue weighted by atomic mass is 35.5. The van der Waals surface area contributed by atoms with Crippen LogP contribution in [0.25, 0.3) is 17.0 Å². The molecule has 1 aliphatic carbocycles. The maximum Gasteiger partial charge on any atom is 0.239 e. The molecule has 6 rings (SSSR count). The third-order valence-corrected chi connectivity index (χ3v) is 8.90. The Morgan fingerprint density at radius 3 is 2.76 bits per heavy atom. The summed E-state index contributed by atoms with van der Waals surface area (Å²) in [7, 11) is -1.67. The largest absolute Gasteiger partial charge is 0.486 e. The van der Waals surface area contributed by atoms with E-state index in [0.717, 1.165) is 5.52 Å². The van der Waals surface area contributed by atoms with Crippen LogP contribution in [0, 0.1) is 0 Å². The lowest BCUT2D eigenvalue weighted by Gasteiger charge is -2.41. The highest BCUT2D eigenvalue weighted by molar-refractivity contribution is 7.92.